The fourth-order valence-electron chi connectivity index (χ4n) is 11.5. The van der Waals surface area contributed by atoms with Crippen molar-refractivity contribution in [2.24, 2.45) is 41.4 Å². The van der Waals surface area contributed by atoms with Gasteiger partial charge in [0.2, 0.25) is 65.0 Å². The van der Waals surface area contributed by atoms with Gasteiger partial charge in [-0.25, -0.2) is 4.79 Å². The predicted molar refractivity (Wildman–Crippen MR) is 351 cm³/mol. The average molecular weight is 1300 g/mol. The number of anilines is 1. The first kappa shape index (κ1) is 80.7. The number of carboxylic acid groups (broad SMARTS) is 1. The van der Waals surface area contributed by atoms with Crippen LogP contribution in [0, 0.1) is 41.4 Å². The van der Waals surface area contributed by atoms with E-state index in [0.717, 1.165) is 9.80 Å². The number of carboxylic acids is 1. The van der Waals surface area contributed by atoms with Crippen LogP contribution in [-0.4, -0.2) is 244 Å². The fourth-order valence-corrected chi connectivity index (χ4v) is 11.5. The SMILES string of the molecule is CC[C@H]1NC(=O)C([C@@H](O)[C@@H](C)CCNc2ccc(C(=O)O)cc2)N(C)C(=O)[C@@H](C(C)C)N(C)C(=O)[C@@H](CC(C)C)N(C)C(=O)C(C(C)C)N(C)C(=O)[C@@H](C)NC(=O)[C@@H](C)NC(=O)[C@@H](CC(C)C)N(C)C(=O)[C@@H](C(C)C)NC(=O)[C@@H](CC(C)C)N(C)C(=O)CN(C)C1=O. The highest BCUT2D eigenvalue weighted by Gasteiger charge is 2.46. The number of benzene rings is 1. The maximum Gasteiger partial charge on any atom is 0.335 e. The Bertz CT molecular complexity index is 2720. The van der Waals surface area contributed by atoms with Crippen LogP contribution in [0.5, 0.6) is 0 Å². The summed E-state index contributed by atoms with van der Waals surface area (Å²) in [5.41, 5.74) is 0.654. The van der Waals surface area contributed by atoms with E-state index in [1.807, 2.05) is 41.5 Å². The lowest BCUT2D eigenvalue weighted by Gasteiger charge is -2.42. The molecule has 1 heterocycles. The molecule has 0 aromatic heterocycles. The minimum atomic E-state index is -1.71. The Morgan fingerprint density at radius 3 is 1.40 bits per heavy atom. The summed E-state index contributed by atoms with van der Waals surface area (Å²) < 4.78 is 0. The molecule has 11 amide bonds. The quantitative estimate of drug-likeness (QED) is 0.118. The van der Waals surface area contributed by atoms with Crippen LogP contribution in [-0.2, 0) is 52.7 Å². The van der Waals surface area contributed by atoms with Gasteiger partial charge in [-0.1, -0.05) is 96.9 Å². The molecular formula is C66H112N12O14. The van der Waals surface area contributed by atoms with Crippen LogP contribution < -0.4 is 26.6 Å². The zero-order valence-electron chi connectivity index (χ0n) is 59.1. The van der Waals surface area contributed by atoms with E-state index in [2.05, 4.69) is 26.6 Å². The molecule has 0 saturated carbocycles. The Morgan fingerprint density at radius 1 is 0.500 bits per heavy atom. The first-order chi connectivity index (χ1) is 42.5. The minimum absolute atomic E-state index is 0.0271. The molecule has 7 N–H and O–H groups in total. The molecule has 26 nitrogen and oxygen atoms in total. The second-order valence-electron chi connectivity index (χ2n) is 27.4. The average Bonchev–Trinajstić information content (AvgIpc) is 0.810. The van der Waals surface area contributed by atoms with Crippen molar-refractivity contribution in [2.45, 2.75) is 209 Å². The van der Waals surface area contributed by atoms with Gasteiger partial charge < -0.3 is 71.1 Å². The maximum absolute atomic E-state index is 15.3. The van der Waals surface area contributed by atoms with Crippen molar-refractivity contribution in [3.63, 3.8) is 0 Å². The number of aromatic carboxylic acids is 1. The molecule has 1 aromatic rings. The van der Waals surface area contributed by atoms with E-state index in [0.29, 0.717) is 5.69 Å². The summed E-state index contributed by atoms with van der Waals surface area (Å²) in [7, 11) is 9.73. The molecule has 92 heavy (non-hydrogen) atoms. The van der Waals surface area contributed by atoms with Crippen molar-refractivity contribution in [1.29, 1.82) is 0 Å². The summed E-state index contributed by atoms with van der Waals surface area (Å²) in [6.07, 6.45) is -1.07. The molecule has 2 unspecified atom stereocenters. The van der Waals surface area contributed by atoms with Crippen LogP contribution in [0.25, 0.3) is 0 Å². The molecule has 1 aromatic carbocycles. The van der Waals surface area contributed by atoms with Crippen LogP contribution in [0.4, 0.5) is 5.69 Å². The summed E-state index contributed by atoms with van der Waals surface area (Å²) in [6, 6.07) is -6.78. The van der Waals surface area contributed by atoms with Crippen molar-refractivity contribution in [3.05, 3.63) is 29.8 Å². The van der Waals surface area contributed by atoms with Crippen molar-refractivity contribution >= 4 is 76.6 Å². The van der Waals surface area contributed by atoms with Gasteiger partial charge in [0.15, 0.2) is 0 Å². The molecule has 12 atom stereocenters. The molecule has 0 radical (unpaired) electrons. The topological polar surface area (TPSA) is 328 Å². The summed E-state index contributed by atoms with van der Waals surface area (Å²) >= 11 is 0. The zero-order valence-corrected chi connectivity index (χ0v) is 59.1. The van der Waals surface area contributed by atoms with Crippen LogP contribution in [0.3, 0.4) is 0 Å². The standard InChI is InChI=1S/C66H112N12O14/c1-24-46-61(86)72(17)34-50(79)73(18)47(31-35(2)3)58(83)71-51(38(8)9)63(88)74(19)48(32-36(4)5)57(82)68-42(15)56(81)69-43(16)60(85)76(21)52(39(10)11)64(89)75(20)49(33-37(6)7)62(87)77(22)53(40(12)13)65(90)78(23)54(59(84)70-46)55(80)41(14)29-30-67-45-27-25-44(26-28-45)66(91)92/h25-28,35-43,46-49,51-55,67,80H,24,29-34H2,1-23H3,(H,68,82)(H,69,81)(H,70,84)(H,71,83)(H,91,92)/t41-,42+,43+,46+,47+,48+,49+,51+,52?,53+,54?,55-/m0/s1. The Labute approximate surface area is 546 Å². The zero-order chi connectivity index (χ0) is 70.8. The third-order valence-corrected chi connectivity index (χ3v) is 17.2. The lowest BCUT2D eigenvalue weighted by molar-refractivity contribution is -0.158. The van der Waals surface area contributed by atoms with Crippen molar-refractivity contribution < 1.29 is 67.7 Å². The van der Waals surface area contributed by atoms with E-state index in [1.54, 1.807) is 67.5 Å². The molecule has 1 aliphatic rings. The lowest BCUT2D eigenvalue weighted by Crippen LogP contribution is -2.63. The van der Waals surface area contributed by atoms with Crippen molar-refractivity contribution in [3.8, 4) is 0 Å². The van der Waals surface area contributed by atoms with E-state index in [9.17, 15) is 53.4 Å². The number of amides is 11. The van der Waals surface area contributed by atoms with E-state index >= 15 is 14.4 Å². The highest BCUT2D eigenvalue weighted by atomic mass is 16.4. The largest absolute Gasteiger partial charge is 0.478 e. The first-order valence-electron chi connectivity index (χ1n) is 32.4. The number of carbonyl (C=O) groups excluding carboxylic acids is 11. The number of nitrogens with zero attached hydrogens (tertiary/aromatic N) is 7. The smallest absolute Gasteiger partial charge is 0.335 e. The predicted octanol–water partition coefficient (Wildman–Crippen LogP) is 3.11. The van der Waals surface area contributed by atoms with E-state index < -0.39 is 168 Å². The van der Waals surface area contributed by atoms with Gasteiger partial charge in [0, 0.05) is 61.6 Å². The van der Waals surface area contributed by atoms with E-state index in [4.69, 9.17) is 0 Å². The number of carbonyl (C=O) groups is 12. The molecule has 520 valence electrons. The minimum Gasteiger partial charge on any atom is -0.478 e. The molecule has 1 fully saturated rings. The fraction of sp³-hybridized carbons (Fsp3) is 0.727. The lowest BCUT2D eigenvalue weighted by atomic mass is 9.91. The van der Waals surface area contributed by atoms with Gasteiger partial charge in [-0.15, -0.1) is 0 Å². The number of likely N-dealkylation sites (N-methyl/N-ethyl adjacent to an activating group) is 7. The van der Waals surface area contributed by atoms with Crippen LogP contribution in [0.1, 0.15) is 153 Å². The van der Waals surface area contributed by atoms with Gasteiger partial charge in [-0.2, -0.15) is 0 Å². The molecule has 0 bridgehead atoms. The van der Waals surface area contributed by atoms with Gasteiger partial charge in [-0.3, -0.25) is 52.7 Å². The van der Waals surface area contributed by atoms with Crippen molar-refractivity contribution in [2.75, 3.05) is 67.7 Å². The molecule has 26 heteroatoms. The van der Waals surface area contributed by atoms with Crippen LogP contribution in [0.2, 0.25) is 0 Å². The van der Waals surface area contributed by atoms with E-state index in [1.165, 1.54) is 99.8 Å². The summed E-state index contributed by atoms with van der Waals surface area (Å²) in [6.45, 7) is 27.1. The van der Waals surface area contributed by atoms with Crippen LogP contribution in [0.15, 0.2) is 24.3 Å². The monoisotopic (exact) mass is 1300 g/mol. The molecule has 1 aliphatic heterocycles. The van der Waals surface area contributed by atoms with Gasteiger partial charge >= 0.3 is 5.97 Å². The number of rotatable bonds is 17. The second-order valence-corrected chi connectivity index (χ2v) is 27.4. The molecular weight excluding hydrogens is 1180 g/mol. The number of aliphatic hydroxyl groups is 1. The summed E-state index contributed by atoms with van der Waals surface area (Å²) in [5, 5.41) is 35.9. The molecule has 2 rings (SSSR count). The van der Waals surface area contributed by atoms with Gasteiger partial charge in [0.1, 0.15) is 60.4 Å². The normalized spacial score (nSPS) is 25.5. The Morgan fingerprint density at radius 2 is 0.935 bits per heavy atom. The number of nitrogens with one attached hydrogen (secondary N) is 5. The third-order valence-electron chi connectivity index (χ3n) is 17.2. The Kier molecular flexibility index (Phi) is 31.7. The van der Waals surface area contributed by atoms with Crippen LogP contribution >= 0.6 is 0 Å². The Hall–Kier alpha value is -7.38. The van der Waals surface area contributed by atoms with Gasteiger partial charge in [-0.05, 0) is 112 Å². The first-order valence-corrected chi connectivity index (χ1v) is 32.4. The summed E-state index contributed by atoms with van der Waals surface area (Å²) in [5.74, 6) is -11.9. The molecule has 1 saturated heterocycles. The molecule has 0 spiro atoms. The van der Waals surface area contributed by atoms with Crippen molar-refractivity contribution in [1.82, 2.24) is 55.6 Å². The maximum atomic E-state index is 15.3. The van der Waals surface area contributed by atoms with Gasteiger partial charge in [0.05, 0.1) is 18.2 Å². The highest BCUT2D eigenvalue weighted by Crippen LogP contribution is 2.26. The summed E-state index contributed by atoms with van der Waals surface area (Å²) in [4.78, 5) is 181. The Balaban J connectivity index is 2.96. The molecule has 0 aliphatic carbocycles. The number of aliphatic hydroxyl groups excluding tert-OH is 1. The van der Waals surface area contributed by atoms with E-state index in [-0.39, 0.29) is 62.0 Å². The van der Waals surface area contributed by atoms with Gasteiger partial charge in [0.25, 0.3) is 0 Å². The number of hydrogen-bond acceptors (Lipinski definition) is 14. The number of hydrogen-bond donors (Lipinski definition) is 7. The third kappa shape index (κ3) is 21.9. The second kappa shape index (κ2) is 36.2. The highest BCUT2D eigenvalue weighted by molar-refractivity contribution is 6.00.